The smallest absolute Gasteiger partial charge is 0.263 e. The molecule has 29 heavy (non-hydrogen) atoms. The minimum absolute atomic E-state index is 0.269. The molecule has 0 aliphatic heterocycles. The molecule has 3 heterocycles. The quantitative estimate of drug-likeness (QED) is 0.514. The Labute approximate surface area is 166 Å². The van der Waals surface area contributed by atoms with Crippen molar-refractivity contribution >= 4 is 22.9 Å². The molecule has 0 atom stereocenters. The molecule has 0 aliphatic carbocycles. The number of hydrogen-bond donors (Lipinski definition) is 1. The van der Waals surface area contributed by atoms with Crippen LogP contribution in [0.2, 0.25) is 0 Å². The normalized spacial score (nSPS) is 11.1. The molecule has 0 saturated carbocycles. The van der Waals surface area contributed by atoms with Crippen molar-refractivity contribution in [2.24, 2.45) is 7.05 Å². The zero-order valence-electron chi connectivity index (χ0n) is 15.7. The largest absolute Gasteiger partial charge is 0.313 e. The number of rotatable bonds is 4. The van der Waals surface area contributed by atoms with E-state index in [0.29, 0.717) is 17.3 Å². The van der Waals surface area contributed by atoms with Gasteiger partial charge in [0.1, 0.15) is 5.56 Å². The first-order valence-electron chi connectivity index (χ1n) is 9.22. The van der Waals surface area contributed by atoms with Crippen LogP contribution in [-0.2, 0) is 7.05 Å². The fourth-order valence-corrected chi connectivity index (χ4v) is 3.41. The summed E-state index contributed by atoms with van der Waals surface area (Å²) in [5, 5.41) is 7.41. The number of anilines is 1. The van der Waals surface area contributed by atoms with Gasteiger partial charge >= 0.3 is 0 Å². The summed E-state index contributed by atoms with van der Waals surface area (Å²) in [4.78, 5) is 17.7. The van der Waals surface area contributed by atoms with Crippen molar-refractivity contribution in [2.75, 3.05) is 5.32 Å². The molecule has 0 radical (unpaired) electrons. The fraction of sp³-hybridized carbons (Fsp3) is 0.0455. The lowest BCUT2D eigenvalue weighted by Gasteiger charge is -2.11. The number of imidazole rings is 1. The Hall–Kier alpha value is -4.13. The summed E-state index contributed by atoms with van der Waals surface area (Å²) >= 11 is 0. The van der Waals surface area contributed by atoms with Crippen LogP contribution in [-0.4, -0.2) is 29.8 Å². The highest BCUT2D eigenvalue weighted by Gasteiger charge is 2.21. The van der Waals surface area contributed by atoms with E-state index < -0.39 is 0 Å². The summed E-state index contributed by atoms with van der Waals surface area (Å²) in [6.45, 7) is 0. The van der Waals surface area contributed by atoms with Crippen LogP contribution >= 0.6 is 0 Å². The maximum atomic E-state index is 13.2. The van der Waals surface area contributed by atoms with Crippen molar-refractivity contribution in [2.45, 2.75) is 0 Å². The second-order valence-corrected chi connectivity index (χ2v) is 6.66. The van der Waals surface area contributed by atoms with Crippen LogP contribution in [0.3, 0.4) is 0 Å². The first-order valence-corrected chi connectivity index (χ1v) is 9.22. The molecule has 1 N–H and O–H groups in total. The minimum Gasteiger partial charge on any atom is -0.313 e. The fourth-order valence-electron chi connectivity index (χ4n) is 3.41. The lowest BCUT2D eigenvalue weighted by molar-refractivity contribution is 0.102. The van der Waals surface area contributed by atoms with Gasteiger partial charge in [-0.05, 0) is 36.4 Å². The standard InChI is InChI=1S/C22H18N6O/c1-26-19-12-6-5-11-18(19)24-22(26)25-20(29)17-15-23-28(16-9-3-2-4-10-16)21(17)27-13-7-8-14-27/h2-15H,1H3,(H,24,25,29). The second-order valence-electron chi connectivity index (χ2n) is 6.66. The van der Waals surface area contributed by atoms with Gasteiger partial charge in [0.05, 0.1) is 22.9 Å². The van der Waals surface area contributed by atoms with Crippen LogP contribution in [0.25, 0.3) is 22.5 Å². The summed E-state index contributed by atoms with van der Waals surface area (Å²) in [6.07, 6.45) is 5.37. The molecule has 0 fully saturated rings. The average molecular weight is 382 g/mol. The maximum absolute atomic E-state index is 13.2. The lowest BCUT2D eigenvalue weighted by atomic mass is 10.3. The lowest BCUT2D eigenvalue weighted by Crippen LogP contribution is -2.17. The van der Waals surface area contributed by atoms with Gasteiger partial charge in [-0.15, -0.1) is 0 Å². The Kier molecular flexibility index (Phi) is 3.98. The Bertz CT molecular complexity index is 1300. The third-order valence-electron chi connectivity index (χ3n) is 4.85. The van der Waals surface area contributed by atoms with Gasteiger partial charge < -0.3 is 9.13 Å². The maximum Gasteiger partial charge on any atom is 0.263 e. The monoisotopic (exact) mass is 382 g/mol. The average Bonchev–Trinajstić information content (AvgIpc) is 3.48. The van der Waals surface area contributed by atoms with Gasteiger partial charge in [0.25, 0.3) is 5.91 Å². The van der Waals surface area contributed by atoms with Crippen molar-refractivity contribution in [3.05, 3.63) is 90.9 Å². The molecule has 0 aliphatic rings. The van der Waals surface area contributed by atoms with Gasteiger partial charge in [-0.3, -0.25) is 10.1 Å². The number of benzene rings is 2. The van der Waals surface area contributed by atoms with Gasteiger partial charge in [-0.25, -0.2) is 9.67 Å². The summed E-state index contributed by atoms with van der Waals surface area (Å²) < 4.78 is 5.50. The number of hydrogen-bond acceptors (Lipinski definition) is 3. The minimum atomic E-state index is -0.269. The summed E-state index contributed by atoms with van der Waals surface area (Å²) in [7, 11) is 1.88. The second kappa shape index (κ2) is 6.79. The van der Waals surface area contributed by atoms with Crippen molar-refractivity contribution in [1.82, 2.24) is 23.9 Å². The zero-order valence-corrected chi connectivity index (χ0v) is 15.7. The topological polar surface area (TPSA) is 69.7 Å². The number of aromatic nitrogens is 5. The molecular weight excluding hydrogens is 364 g/mol. The van der Waals surface area contributed by atoms with Crippen molar-refractivity contribution < 1.29 is 4.79 Å². The number of para-hydroxylation sites is 3. The molecule has 142 valence electrons. The first kappa shape index (κ1) is 17.0. The van der Waals surface area contributed by atoms with Gasteiger partial charge in [-0.2, -0.15) is 5.10 Å². The SMILES string of the molecule is Cn1c(NC(=O)c2cnn(-c3ccccc3)c2-n2cccc2)nc2ccccc21. The molecule has 2 aromatic carbocycles. The summed E-state index contributed by atoms with van der Waals surface area (Å²) in [5.41, 5.74) is 3.11. The van der Waals surface area contributed by atoms with E-state index in [1.807, 2.05) is 95.3 Å². The number of nitrogens with one attached hydrogen (secondary N) is 1. The van der Waals surface area contributed by atoms with E-state index in [9.17, 15) is 4.79 Å². The Balaban J connectivity index is 1.58. The van der Waals surface area contributed by atoms with E-state index in [4.69, 9.17) is 0 Å². The molecule has 7 heteroatoms. The summed E-state index contributed by atoms with van der Waals surface area (Å²) in [5.74, 6) is 0.883. The highest BCUT2D eigenvalue weighted by Crippen LogP contribution is 2.22. The van der Waals surface area contributed by atoms with Crippen LogP contribution in [0.15, 0.2) is 85.3 Å². The highest BCUT2D eigenvalue weighted by molar-refractivity contribution is 6.06. The molecule has 3 aromatic heterocycles. The molecule has 1 amide bonds. The number of nitrogens with zero attached hydrogens (tertiary/aromatic N) is 5. The van der Waals surface area contributed by atoms with Gasteiger partial charge in [0.15, 0.2) is 5.82 Å². The first-order chi connectivity index (χ1) is 14.2. The predicted molar refractivity (Wildman–Crippen MR) is 112 cm³/mol. The summed E-state index contributed by atoms with van der Waals surface area (Å²) in [6, 6.07) is 21.3. The number of carbonyl (C=O) groups excluding carboxylic acids is 1. The highest BCUT2D eigenvalue weighted by atomic mass is 16.1. The van der Waals surface area contributed by atoms with E-state index in [0.717, 1.165) is 16.7 Å². The van der Waals surface area contributed by atoms with Crippen molar-refractivity contribution in [3.63, 3.8) is 0 Å². The number of aryl methyl sites for hydroxylation is 1. The molecule has 0 unspecified atom stereocenters. The van der Waals surface area contributed by atoms with Gasteiger partial charge in [-0.1, -0.05) is 30.3 Å². The van der Waals surface area contributed by atoms with Gasteiger partial charge in [0, 0.05) is 19.4 Å². The Morgan fingerprint density at radius 2 is 1.66 bits per heavy atom. The Morgan fingerprint density at radius 1 is 0.931 bits per heavy atom. The number of carbonyl (C=O) groups is 1. The van der Waals surface area contributed by atoms with Crippen LogP contribution < -0.4 is 5.32 Å². The molecule has 0 saturated heterocycles. The number of amides is 1. The van der Waals surface area contributed by atoms with Gasteiger partial charge in [0.2, 0.25) is 5.95 Å². The molecule has 0 spiro atoms. The third-order valence-corrected chi connectivity index (χ3v) is 4.85. The van der Waals surface area contributed by atoms with Crippen molar-refractivity contribution in [3.8, 4) is 11.5 Å². The van der Waals surface area contributed by atoms with Crippen LogP contribution in [0.5, 0.6) is 0 Å². The molecule has 5 rings (SSSR count). The third kappa shape index (κ3) is 2.89. The Morgan fingerprint density at radius 3 is 2.41 bits per heavy atom. The molecule has 7 nitrogen and oxygen atoms in total. The van der Waals surface area contributed by atoms with E-state index in [1.165, 1.54) is 0 Å². The van der Waals surface area contributed by atoms with Crippen LogP contribution in [0.1, 0.15) is 10.4 Å². The number of fused-ring (bicyclic) bond motifs is 1. The zero-order chi connectivity index (χ0) is 19.8. The van der Waals surface area contributed by atoms with Crippen molar-refractivity contribution in [1.29, 1.82) is 0 Å². The van der Waals surface area contributed by atoms with E-state index in [1.54, 1.807) is 10.9 Å². The van der Waals surface area contributed by atoms with E-state index >= 15 is 0 Å². The molecule has 0 bridgehead atoms. The van der Waals surface area contributed by atoms with Crippen LogP contribution in [0, 0.1) is 0 Å². The van der Waals surface area contributed by atoms with E-state index in [-0.39, 0.29) is 5.91 Å². The van der Waals surface area contributed by atoms with E-state index in [2.05, 4.69) is 15.4 Å². The molecule has 5 aromatic rings. The van der Waals surface area contributed by atoms with Crippen LogP contribution in [0.4, 0.5) is 5.95 Å². The molecular formula is C22H18N6O. The predicted octanol–water partition coefficient (Wildman–Crippen LogP) is 3.80.